The topological polar surface area (TPSA) is 0 Å². The largest absolute Gasteiger partial charge is 0.0969 e. The van der Waals surface area contributed by atoms with Gasteiger partial charge in [0.1, 0.15) is 0 Å². The van der Waals surface area contributed by atoms with Crippen molar-refractivity contribution in [3.05, 3.63) is 0 Å². The van der Waals surface area contributed by atoms with E-state index in [1.807, 2.05) is 0 Å². The van der Waals surface area contributed by atoms with Crippen molar-refractivity contribution in [2.75, 3.05) is 12.3 Å². The van der Waals surface area contributed by atoms with E-state index in [0.717, 1.165) is 0 Å². The summed E-state index contributed by atoms with van der Waals surface area (Å²) in [4.78, 5) is 0. The second-order valence-corrected chi connectivity index (χ2v) is 10.6. The van der Waals surface area contributed by atoms with Crippen LogP contribution in [0.25, 0.3) is 0 Å². The predicted molar refractivity (Wildman–Crippen MR) is 60.1 cm³/mol. The van der Waals surface area contributed by atoms with Crippen LogP contribution in [0.1, 0.15) is 45.4 Å². The number of hydrogen-bond donors (Lipinski definition) is 0. The summed E-state index contributed by atoms with van der Waals surface area (Å²) < 4.78 is 0. The molecule has 12 heavy (non-hydrogen) atoms. The molecule has 0 aromatic carbocycles. The summed E-state index contributed by atoms with van der Waals surface area (Å²) in [6.07, 6.45) is 11.6. The van der Waals surface area contributed by atoms with Gasteiger partial charge in [-0.2, -0.15) is 0 Å². The Morgan fingerprint density at radius 2 is 1.58 bits per heavy atom. The average molecular weight is 202 g/mol. The summed E-state index contributed by atoms with van der Waals surface area (Å²) in [5.74, 6) is 0. The summed E-state index contributed by atoms with van der Waals surface area (Å²) in [5, 5.41) is 0.638. The molecule has 1 saturated carbocycles. The molecule has 0 bridgehead atoms. The van der Waals surface area contributed by atoms with Gasteiger partial charge in [0, 0.05) is 0 Å². The second-order valence-electron chi connectivity index (χ2n) is 4.75. The highest BCUT2D eigenvalue weighted by molar-refractivity contribution is 8.16. The smallest absolute Gasteiger partial charge is 0.00324 e. The minimum absolute atomic E-state index is 0.638. The Balaban J connectivity index is 2.13. The third kappa shape index (κ3) is 1.30. The van der Waals surface area contributed by atoms with Crippen LogP contribution in [0.3, 0.4) is 0 Å². The van der Waals surface area contributed by atoms with Crippen molar-refractivity contribution in [1.82, 2.24) is 0 Å². The van der Waals surface area contributed by atoms with Gasteiger partial charge in [-0.1, -0.05) is 38.0 Å². The Morgan fingerprint density at radius 1 is 1.00 bits per heavy atom. The Labute approximate surface area is 81.1 Å². The molecule has 0 aromatic rings. The van der Waals surface area contributed by atoms with Crippen LogP contribution in [0.4, 0.5) is 0 Å². The molecule has 0 aromatic heterocycles. The lowest BCUT2D eigenvalue weighted by Gasteiger charge is -2.49. The summed E-state index contributed by atoms with van der Waals surface area (Å²) in [7, 11) is 0. The molecule has 1 heterocycles. The minimum Gasteiger partial charge on any atom is -0.0969 e. The lowest BCUT2D eigenvalue weighted by atomic mass is 9.90. The summed E-state index contributed by atoms with van der Waals surface area (Å²) >= 11 is 5.88. The van der Waals surface area contributed by atoms with Crippen LogP contribution in [-0.4, -0.2) is 17.5 Å². The molecule has 2 fully saturated rings. The molecule has 0 unspecified atom stereocenters. The molecule has 0 amide bonds. The van der Waals surface area contributed by atoms with Gasteiger partial charge in [-0.3, -0.25) is 0 Å². The third-order valence-electron chi connectivity index (χ3n) is 3.95. The normalized spacial score (nSPS) is 32.4. The maximum atomic E-state index is 5.88. The first kappa shape index (κ1) is 9.21. The van der Waals surface area contributed by atoms with Crippen LogP contribution in [0.15, 0.2) is 0 Å². The zero-order valence-electron chi connectivity index (χ0n) is 8.01. The molecule has 0 radical (unpaired) electrons. The van der Waals surface area contributed by atoms with E-state index < -0.39 is 6.04 Å². The molecule has 70 valence electrons. The number of hydrogen-bond acceptors (Lipinski definition) is 1. The lowest BCUT2D eigenvalue weighted by Crippen LogP contribution is -2.34. The molecule has 2 aliphatic rings. The van der Waals surface area contributed by atoms with E-state index in [9.17, 15) is 0 Å². The van der Waals surface area contributed by atoms with Gasteiger partial charge in [0.05, 0.1) is 0 Å². The number of rotatable bonds is 1. The van der Waals surface area contributed by atoms with Gasteiger partial charge >= 0.3 is 0 Å². The Morgan fingerprint density at radius 3 is 2.00 bits per heavy atom. The van der Waals surface area contributed by atoms with Gasteiger partial charge < -0.3 is 0 Å². The van der Waals surface area contributed by atoms with Crippen LogP contribution in [0, 0.1) is 0 Å². The molecule has 0 spiro atoms. The molecule has 2 rings (SSSR count). The van der Waals surface area contributed by atoms with Gasteiger partial charge in [-0.05, 0) is 42.8 Å². The Kier molecular flexibility index (Phi) is 2.38. The molecule has 1 saturated heterocycles. The zero-order valence-corrected chi connectivity index (χ0v) is 9.72. The first-order chi connectivity index (χ1) is 5.66. The third-order valence-corrected chi connectivity index (χ3v) is 10.9. The van der Waals surface area contributed by atoms with Crippen molar-refractivity contribution < 1.29 is 0 Å². The quantitative estimate of drug-likeness (QED) is 0.585. The van der Waals surface area contributed by atoms with Crippen LogP contribution in [-0.2, 0) is 11.8 Å². The van der Waals surface area contributed by atoms with E-state index in [1.54, 1.807) is 0 Å². The molecule has 0 atom stereocenters. The van der Waals surface area contributed by atoms with Crippen molar-refractivity contribution in [1.29, 1.82) is 0 Å². The first-order valence-corrected chi connectivity index (χ1v) is 8.42. The summed E-state index contributed by atoms with van der Waals surface area (Å²) in [6.45, 7) is 2.49. The molecular weight excluding hydrogens is 183 g/mol. The van der Waals surface area contributed by atoms with E-state index in [4.69, 9.17) is 11.8 Å². The maximum Gasteiger partial charge on any atom is -0.00324 e. The molecule has 0 N–H and O–H groups in total. The van der Waals surface area contributed by atoms with E-state index in [2.05, 4.69) is 6.92 Å². The second kappa shape index (κ2) is 3.10. The monoisotopic (exact) mass is 202 g/mol. The van der Waals surface area contributed by atoms with E-state index in [-0.39, 0.29) is 0 Å². The van der Waals surface area contributed by atoms with E-state index >= 15 is 0 Å². The van der Waals surface area contributed by atoms with Crippen molar-refractivity contribution in [2.24, 2.45) is 0 Å². The molecule has 2 heteroatoms. The highest BCUT2D eigenvalue weighted by Gasteiger charge is 2.43. The van der Waals surface area contributed by atoms with Crippen molar-refractivity contribution in [2.45, 2.75) is 50.6 Å². The fourth-order valence-corrected chi connectivity index (χ4v) is 7.13. The van der Waals surface area contributed by atoms with Crippen LogP contribution < -0.4 is 0 Å². The molecule has 0 nitrogen and oxygen atoms in total. The molecule has 1 aliphatic carbocycles. The fraction of sp³-hybridized carbons (Fsp3) is 1.00. The highest BCUT2D eigenvalue weighted by atomic mass is 32.4. The van der Waals surface area contributed by atoms with Crippen molar-refractivity contribution >= 4 is 17.8 Å². The van der Waals surface area contributed by atoms with Gasteiger partial charge in [-0.25, -0.2) is 0 Å². The molecular formula is C10H19PS. The predicted octanol–water partition coefficient (Wildman–Crippen LogP) is 3.59. The van der Waals surface area contributed by atoms with Crippen LogP contribution in [0.5, 0.6) is 0 Å². The average Bonchev–Trinajstić information content (AvgIpc) is 2.01. The van der Waals surface area contributed by atoms with Crippen molar-refractivity contribution in [3.8, 4) is 0 Å². The Bertz CT molecular complexity index is 208. The van der Waals surface area contributed by atoms with Crippen molar-refractivity contribution in [3.63, 3.8) is 0 Å². The first-order valence-electron chi connectivity index (χ1n) is 5.25. The Hall–Kier alpha value is 0.650. The summed E-state index contributed by atoms with van der Waals surface area (Å²) in [6, 6.07) is -0.847. The molecule has 1 aliphatic heterocycles. The van der Waals surface area contributed by atoms with Gasteiger partial charge in [0.2, 0.25) is 0 Å². The lowest BCUT2D eigenvalue weighted by molar-refractivity contribution is 0.410. The maximum absolute atomic E-state index is 5.88. The zero-order chi connectivity index (χ0) is 8.66. The van der Waals surface area contributed by atoms with Crippen LogP contribution in [0.2, 0.25) is 0 Å². The SMILES string of the molecule is CC1(P2(=S)CCC2)CCCCC1. The van der Waals surface area contributed by atoms with E-state index in [1.165, 1.54) is 50.8 Å². The van der Waals surface area contributed by atoms with Gasteiger partial charge in [0.15, 0.2) is 0 Å². The minimum atomic E-state index is -0.847. The highest BCUT2D eigenvalue weighted by Crippen LogP contribution is 2.69. The van der Waals surface area contributed by atoms with Gasteiger partial charge in [-0.15, -0.1) is 0 Å². The fourth-order valence-electron chi connectivity index (χ4n) is 2.71. The standard InChI is InChI=1S/C10H19PS/c1-10(6-3-2-4-7-10)11(12)8-5-9-11/h2-9H2,1H3. The van der Waals surface area contributed by atoms with Gasteiger partial charge in [0.25, 0.3) is 0 Å². The van der Waals surface area contributed by atoms with E-state index in [0.29, 0.717) is 5.16 Å². The summed E-state index contributed by atoms with van der Waals surface area (Å²) in [5.41, 5.74) is 0. The van der Waals surface area contributed by atoms with Crippen LogP contribution >= 0.6 is 6.04 Å².